The maximum atomic E-state index is 4.01. The molecule has 0 aromatic carbocycles. The fraction of sp³-hybridized carbons (Fsp3) is 0.286. The molecule has 0 bridgehead atoms. The van der Waals surface area contributed by atoms with Crippen LogP contribution in [0, 0.1) is 5.41 Å². The quantitative estimate of drug-likeness (QED) is 0.567. The molecule has 74 valence electrons. The van der Waals surface area contributed by atoms with Crippen molar-refractivity contribution in [3.05, 3.63) is 60.3 Å². The average molecular weight is 186 g/mol. The number of hydrogen-bond donors (Lipinski definition) is 0. The van der Waals surface area contributed by atoms with E-state index in [1.807, 2.05) is 6.92 Å². The minimum atomic E-state index is -0.0201. The Hall–Kier alpha value is -1.30. The Kier molecular flexibility index (Phi) is 2.95. The second kappa shape index (κ2) is 3.83. The number of rotatable bonds is 2. The van der Waals surface area contributed by atoms with E-state index in [1.165, 1.54) is 5.57 Å². The van der Waals surface area contributed by atoms with E-state index < -0.39 is 0 Å². The summed E-state index contributed by atoms with van der Waals surface area (Å²) in [5.74, 6) is 0. The molecule has 0 heteroatoms. The van der Waals surface area contributed by atoms with Crippen LogP contribution in [0.4, 0.5) is 0 Å². The SMILES string of the molecule is C=C(C)C1=CC=CC(C)(C(=C)C)C=C1. The van der Waals surface area contributed by atoms with E-state index in [9.17, 15) is 0 Å². The molecule has 1 aliphatic rings. The van der Waals surface area contributed by atoms with Crippen LogP contribution in [-0.2, 0) is 0 Å². The van der Waals surface area contributed by atoms with Crippen LogP contribution in [0.3, 0.4) is 0 Å². The molecule has 0 N–H and O–H groups in total. The van der Waals surface area contributed by atoms with Gasteiger partial charge in [-0.1, -0.05) is 54.7 Å². The van der Waals surface area contributed by atoms with Crippen LogP contribution in [0.1, 0.15) is 20.8 Å². The summed E-state index contributed by atoms with van der Waals surface area (Å²) in [7, 11) is 0. The van der Waals surface area contributed by atoms with Gasteiger partial charge in [-0.25, -0.2) is 0 Å². The molecule has 0 aromatic heterocycles. The van der Waals surface area contributed by atoms with Crippen LogP contribution in [0.25, 0.3) is 0 Å². The Bertz CT molecular complexity index is 350. The summed E-state index contributed by atoms with van der Waals surface area (Å²) in [6.45, 7) is 14.2. The van der Waals surface area contributed by atoms with Crippen LogP contribution < -0.4 is 0 Å². The maximum absolute atomic E-state index is 4.01. The summed E-state index contributed by atoms with van der Waals surface area (Å²) in [6.07, 6.45) is 10.6. The first kappa shape index (κ1) is 10.8. The molecular formula is C14H18. The van der Waals surface area contributed by atoms with Crippen molar-refractivity contribution in [1.29, 1.82) is 0 Å². The molecule has 0 nitrogen and oxygen atoms in total. The smallest absolute Gasteiger partial charge is 0.0243 e. The molecular weight excluding hydrogens is 168 g/mol. The van der Waals surface area contributed by atoms with Gasteiger partial charge in [-0.2, -0.15) is 0 Å². The Morgan fingerprint density at radius 1 is 1.21 bits per heavy atom. The minimum Gasteiger partial charge on any atom is -0.0990 e. The fourth-order valence-electron chi connectivity index (χ4n) is 1.29. The lowest BCUT2D eigenvalue weighted by atomic mass is 9.83. The van der Waals surface area contributed by atoms with Crippen molar-refractivity contribution in [3.8, 4) is 0 Å². The lowest BCUT2D eigenvalue weighted by molar-refractivity contribution is 0.666. The van der Waals surface area contributed by atoms with Gasteiger partial charge in [0.25, 0.3) is 0 Å². The predicted octanol–water partition coefficient (Wildman–Crippen LogP) is 4.20. The van der Waals surface area contributed by atoms with E-state index in [-0.39, 0.29) is 5.41 Å². The molecule has 0 aliphatic heterocycles. The molecule has 14 heavy (non-hydrogen) atoms. The standard InChI is InChI=1S/C14H18/c1-11(2)13-7-6-9-14(5,10-8-13)12(3)4/h6-10H,1,3H2,2,4-5H3. The Balaban J connectivity index is 3.03. The normalized spacial score (nSPS) is 25.5. The van der Waals surface area contributed by atoms with Crippen LogP contribution in [0.15, 0.2) is 60.3 Å². The highest BCUT2D eigenvalue weighted by atomic mass is 14.2. The van der Waals surface area contributed by atoms with E-state index in [0.29, 0.717) is 0 Å². The summed E-state index contributed by atoms with van der Waals surface area (Å²) >= 11 is 0. The van der Waals surface area contributed by atoms with Crippen molar-refractivity contribution in [2.45, 2.75) is 20.8 Å². The van der Waals surface area contributed by atoms with Gasteiger partial charge in [0.2, 0.25) is 0 Å². The van der Waals surface area contributed by atoms with Gasteiger partial charge in [0.15, 0.2) is 0 Å². The third-order valence-corrected chi connectivity index (χ3v) is 2.74. The average Bonchev–Trinajstić information content (AvgIpc) is 2.28. The van der Waals surface area contributed by atoms with Gasteiger partial charge in [-0.15, -0.1) is 0 Å². The number of allylic oxidation sites excluding steroid dienone is 8. The van der Waals surface area contributed by atoms with E-state index in [0.717, 1.165) is 11.1 Å². The zero-order valence-corrected chi connectivity index (χ0v) is 9.30. The molecule has 0 spiro atoms. The maximum Gasteiger partial charge on any atom is 0.0243 e. The molecule has 1 unspecified atom stereocenters. The van der Waals surface area contributed by atoms with Crippen molar-refractivity contribution in [1.82, 2.24) is 0 Å². The van der Waals surface area contributed by atoms with Gasteiger partial charge in [0.1, 0.15) is 0 Å². The molecule has 0 fully saturated rings. The number of hydrogen-bond acceptors (Lipinski definition) is 0. The highest BCUT2D eigenvalue weighted by Gasteiger charge is 2.18. The van der Waals surface area contributed by atoms with E-state index in [1.54, 1.807) is 0 Å². The Morgan fingerprint density at radius 3 is 2.36 bits per heavy atom. The first-order valence-electron chi connectivity index (χ1n) is 4.86. The zero-order valence-electron chi connectivity index (χ0n) is 9.30. The largest absolute Gasteiger partial charge is 0.0990 e. The van der Waals surface area contributed by atoms with Gasteiger partial charge in [0, 0.05) is 5.41 Å². The molecule has 0 amide bonds. The molecule has 1 aliphatic carbocycles. The van der Waals surface area contributed by atoms with Crippen molar-refractivity contribution in [2.75, 3.05) is 0 Å². The summed E-state index contributed by atoms with van der Waals surface area (Å²) in [5.41, 5.74) is 3.41. The Morgan fingerprint density at radius 2 is 1.86 bits per heavy atom. The van der Waals surface area contributed by atoms with Crippen LogP contribution in [-0.4, -0.2) is 0 Å². The van der Waals surface area contributed by atoms with Crippen LogP contribution >= 0.6 is 0 Å². The lowest BCUT2D eigenvalue weighted by Gasteiger charge is -2.21. The fourth-order valence-corrected chi connectivity index (χ4v) is 1.29. The van der Waals surface area contributed by atoms with Gasteiger partial charge in [0.05, 0.1) is 0 Å². The molecule has 0 heterocycles. The highest BCUT2D eigenvalue weighted by Crippen LogP contribution is 2.31. The van der Waals surface area contributed by atoms with Gasteiger partial charge in [-0.05, 0) is 26.3 Å². The third kappa shape index (κ3) is 2.14. The topological polar surface area (TPSA) is 0 Å². The van der Waals surface area contributed by atoms with Gasteiger partial charge in [-0.3, -0.25) is 0 Å². The van der Waals surface area contributed by atoms with E-state index in [2.05, 4.69) is 57.4 Å². The first-order chi connectivity index (χ1) is 6.46. The monoisotopic (exact) mass is 186 g/mol. The van der Waals surface area contributed by atoms with E-state index >= 15 is 0 Å². The van der Waals surface area contributed by atoms with Crippen molar-refractivity contribution < 1.29 is 0 Å². The third-order valence-electron chi connectivity index (χ3n) is 2.74. The second-order valence-electron chi connectivity index (χ2n) is 4.16. The zero-order chi connectivity index (χ0) is 10.8. The molecule has 0 saturated heterocycles. The molecule has 1 atom stereocenters. The summed E-state index contributed by atoms with van der Waals surface area (Å²) in [4.78, 5) is 0. The van der Waals surface area contributed by atoms with Crippen molar-refractivity contribution in [3.63, 3.8) is 0 Å². The van der Waals surface area contributed by atoms with Crippen molar-refractivity contribution in [2.24, 2.45) is 5.41 Å². The van der Waals surface area contributed by atoms with Crippen LogP contribution in [0.2, 0.25) is 0 Å². The Labute approximate surface area is 87.0 Å². The molecule has 1 rings (SSSR count). The summed E-state index contributed by atoms with van der Waals surface area (Å²) < 4.78 is 0. The minimum absolute atomic E-state index is 0.0201. The van der Waals surface area contributed by atoms with E-state index in [4.69, 9.17) is 0 Å². The van der Waals surface area contributed by atoms with Crippen molar-refractivity contribution >= 4 is 0 Å². The lowest BCUT2D eigenvalue weighted by Crippen LogP contribution is -2.09. The molecule has 0 aromatic rings. The first-order valence-corrected chi connectivity index (χ1v) is 4.86. The van der Waals surface area contributed by atoms with Gasteiger partial charge < -0.3 is 0 Å². The second-order valence-corrected chi connectivity index (χ2v) is 4.16. The van der Waals surface area contributed by atoms with Crippen LogP contribution in [0.5, 0.6) is 0 Å². The molecule has 0 saturated carbocycles. The summed E-state index contributed by atoms with van der Waals surface area (Å²) in [5, 5.41) is 0. The highest BCUT2D eigenvalue weighted by molar-refractivity contribution is 5.44. The molecule has 0 radical (unpaired) electrons. The van der Waals surface area contributed by atoms with Gasteiger partial charge >= 0.3 is 0 Å². The predicted molar refractivity (Wildman–Crippen MR) is 64.1 cm³/mol. The summed E-state index contributed by atoms with van der Waals surface area (Å²) in [6, 6.07) is 0.